The normalized spacial score (nSPS) is 11.0. The van der Waals surface area contributed by atoms with E-state index in [1.807, 2.05) is 14.0 Å². The van der Waals surface area contributed by atoms with Crippen LogP contribution >= 0.6 is 0 Å². The summed E-state index contributed by atoms with van der Waals surface area (Å²) in [5.41, 5.74) is 0. The van der Waals surface area contributed by atoms with Gasteiger partial charge in [-0.25, -0.2) is 0 Å². The van der Waals surface area contributed by atoms with Crippen LogP contribution in [0.4, 0.5) is 0 Å². The highest BCUT2D eigenvalue weighted by Crippen LogP contribution is 1.96. The van der Waals surface area contributed by atoms with Gasteiger partial charge < -0.3 is 4.90 Å². The third kappa shape index (κ3) is 4.59. The molecule has 2 heteroatoms. The average molecular weight is 155 g/mol. The fourth-order valence-corrected chi connectivity index (χ4v) is 0.908. The molecular formula is C9H17NO. The summed E-state index contributed by atoms with van der Waals surface area (Å²) >= 11 is 0. The van der Waals surface area contributed by atoms with Gasteiger partial charge in [0, 0.05) is 13.6 Å². The lowest BCUT2D eigenvalue weighted by molar-refractivity contribution is -0.125. The van der Waals surface area contributed by atoms with Crippen molar-refractivity contribution in [2.24, 2.45) is 5.92 Å². The molecular weight excluding hydrogens is 138 g/mol. The van der Waals surface area contributed by atoms with Gasteiger partial charge in [-0.1, -0.05) is 19.9 Å². The molecule has 0 bridgehead atoms. The van der Waals surface area contributed by atoms with Gasteiger partial charge in [0.2, 0.25) is 5.91 Å². The van der Waals surface area contributed by atoms with Gasteiger partial charge in [-0.05, 0) is 18.9 Å². The first kappa shape index (κ1) is 10.2. The van der Waals surface area contributed by atoms with Crippen molar-refractivity contribution in [1.29, 1.82) is 0 Å². The van der Waals surface area contributed by atoms with Crippen LogP contribution in [0, 0.1) is 5.92 Å². The van der Waals surface area contributed by atoms with E-state index >= 15 is 0 Å². The molecule has 0 fully saturated rings. The molecule has 0 unspecified atom stereocenters. The summed E-state index contributed by atoms with van der Waals surface area (Å²) in [7, 11) is 1.82. The number of amides is 1. The van der Waals surface area contributed by atoms with Gasteiger partial charge in [0.15, 0.2) is 0 Å². The molecule has 1 amide bonds. The third-order valence-electron chi connectivity index (χ3n) is 1.32. The smallest absolute Gasteiger partial charge is 0.245 e. The molecule has 0 aliphatic rings. The zero-order chi connectivity index (χ0) is 8.85. The van der Waals surface area contributed by atoms with Gasteiger partial charge >= 0.3 is 0 Å². The Morgan fingerprint density at radius 1 is 1.55 bits per heavy atom. The predicted octanol–water partition coefficient (Wildman–Crippen LogP) is 1.68. The lowest BCUT2D eigenvalue weighted by atomic mass is 10.2. The van der Waals surface area contributed by atoms with E-state index in [9.17, 15) is 4.79 Å². The molecule has 0 saturated heterocycles. The maximum atomic E-state index is 11.1. The number of carbonyl (C=O) groups excluding carboxylic acids is 1. The van der Waals surface area contributed by atoms with Crippen molar-refractivity contribution >= 4 is 5.91 Å². The molecule has 64 valence electrons. The van der Waals surface area contributed by atoms with Crippen molar-refractivity contribution in [2.45, 2.75) is 20.8 Å². The number of nitrogens with zero attached hydrogens (tertiary/aromatic N) is 1. The highest BCUT2D eigenvalue weighted by atomic mass is 16.2. The molecule has 11 heavy (non-hydrogen) atoms. The van der Waals surface area contributed by atoms with Crippen molar-refractivity contribution in [3.05, 3.63) is 12.2 Å². The van der Waals surface area contributed by atoms with Gasteiger partial charge in [0.1, 0.15) is 0 Å². The molecule has 0 N–H and O–H groups in total. The number of allylic oxidation sites excluding steroid dienone is 1. The van der Waals surface area contributed by atoms with Crippen molar-refractivity contribution < 1.29 is 4.79 Å². The van der Waals surface area contributed by atoms with Crippen molar-refractivity contribution in [1.82, 2.24) is 4.90 Å². The van der Waals surface area contributed by atoms with E-state index in [0.29, 0.717) is 5.92 Å². The monoisotopic (exact) mass is 155 g/mol. The zero-order valence-electron chi connectivity index (χ0n) is 7.79. The van der Waals surface area contributed by atoms with Crippen LogP contribution in [0.1, 0.15) is 20.8 Å². The molecule has 2 nitrogen and oxygen atoms in total. The fraction of sp³-hybridized carbons (Fsp3) is 0.667. The minimum atomic E-state index is 0.0844. The molecule has 0 heterocycles. The SMILES string of the molecule is C/C=C/C(=O)N(C)CC(C)C. The molecule has 0 aromatic heterocycles. The fourth-order valence-electron chi connectivity index (χ4n) is 0.908. The van der Waals surface area contributed by atoms with E-state index in [1.54, 1.807) is 17.1 Å². The van der Waals surface area contributed by atoms with Crippen molar-refractivity contribution in [2.75, 3.05) is 13.6 Å². The van der Waals surface area contributed by atoms with Crippen LogP contribution in [0.25, 0.3) is 0 Å². The second kappa shape index (κ2) is 4.94. The Balaban J connectivity index is 3.83. The topological polar surface area (TPSA) is 20.3 Å². The van der Waals surface area contributed by atoms with Gasteiger partial charge in [-0.3, -0.25) is 4.79 Å². The summed E-state index contributed by atoms with van der Waals surface area (Å²) < 4.78 is 0. The van der Waals surface area contributed by atoms with Crippen LogP contribution in [0.15, 0.2) is 12.2 Å². The van der Waals surface area contributed by atoms with Crippen LogP contribution in [-0.2, 0) is 4.79 Å². The molecule has 0 radical (unpaired) electrons. The van der Waals surface area contributed by atoms with E-state index in [2.05, 4.69) is 13.8 Å². The van der Waals surface area contributed by atoms with Gasteiger partial charge in [0.05, 0.1) is 0 Å². The van der Waals surface area contributed by atoms with Crippen molar-refractivity contribution in [3.8, 4) is 0 Å². The van der Waals surface area contributed by atoms with E-state index in [1.165, 1.54) is 0 Å². The predicted molar refractivity (Wildman–Crippen MR) is 47.3 cm³/mol. The van der Waals surface area contributed by atoms with E-state index in [-0.39, 0.29) is 5.91 Å². The van der Waals surface area contributed by atoms with Gasteiger partial charge in [-0.2, -0.15) is 0 Å². The average Bonchev–Trinajstić information content (AvgIpc) is 1.86. The molecule has 0 aromatic carbocycles. The summed E-state index contributed by atoms with van der Waals surface area (Å²) in [6, 6.07) is 0. The molecule has 0 spiro atoms. The Kier molecular flexibility index (Phi) is 4.59. The largest absolute Gasteiger partial charge is 0.342 e. The molecule has 0 aromatic rings. The van der Waals surface area contributed by atoms with Gasteiger partial charge in [0.25, 0.3) is 0 Å². The van der Waals surface area contributed by atoms with E-state index in [0.717, 1.165) is 6.54 Å². The van der Waals surface area contributed by atoms with Crippen molar-refractivity contribution in [3.63, 3.8) is 0 Å². The summed E-state index contributed by atoms with van der Waals surface area (Å²) in [6.07, 6.45) is 3.35. The first-order chi connectivity index (χ1) is 5.07. The number of rotatable bonds is 3. The maximum absolute atomic E-state index is 11.1. The summed E-state index contributed by atoms with van der Waals surface area (Å²) in [5, 5.41) is 0. The molecule has 0 aliphatic heterocycles. The second-order valence-corrected chi connectivity index (χ2v) is 3.11. The quantitative estimate of drug-likeness (QED) is 0.568. The van der Waals surface area contributed by atoms with Crippen LogP contribution < -0.4 is 0 Å². The summed E-state index contributed by atoms with van der Waals surface area (Å²) in [4.78, 5) is 12.8. The Morgan fingerprint density at radius 3 is 2.45 bits per heavy atom. The number of likely N-dealkylation sites (N-methyl/N-ethyl adjacent to an activating group) is 1. The van der Waals surface area contributed by atoms with Crippen LogP contribution in [0.5, 0.6) is 0 Å². The maximum Gasteiger partial charge on any atom is 0.245 e. The van der Waals surface area contributed by atoms with Crippen LogP contribution in [0.3, 0.4) is 0 Å². The highest BCUT2D eigenvalue weighted by molar-refractivity contribution is 5.87. The minimum Gasteiger partial charge on any atom is -0.342 e. The number of carbonyl (C=O) groups is 1. The Bertz CT molecular complexity index is 150. The van der Waals surface area contributed by atoms with Crippen LogP contribution in [0.2, 0.25) is 0 Å². The lowest BCUT2D eigenvalue weighted by Gasteiger charge is -2.16. The van der Waals surface area contributed by atoms with Crippen LogP contribution in [-0.4, -0.2) is 24.4 Å². The Morgan fingerprint density at radius 2 is 2.09 bits per heavy atom. The molecule has 0 rings (SSSR count). The third-order valence-corrected chi connectivity index (χ3v) is 1.32. The van der Waals surface area contributed by atoms with E-state index < -0.39 is 0 Å². The minimum absolute atomic E-state index is 0.0844. The summed E-state index contributed by atoms with van der Waals surface area (Å²) in [6.45, 7) is 6.86. The standard InChI is InChI=1S/C9H17NO/c1-5-6-9(11)10(4)7-8(2)3/h5-6,8H,7H2,1-4H3/b6-5+. The van der Waals surface area contributed by atoms with E-state index in [4.69, 9.17) is 0 Å². The summed E-state index contributed by atoms with van der Waals surface area (Å²) in [5.74, 6) is 0.621. The first-order valence-electron chi connectivity index (χ1n) is 3.95. The zero-order valence-corrected chi connectivity index (χ0v) is 7.79. The Hall–Kier alpha value is -0.790. The number of hydrogen-bond donors (Lipinski definition) is 0. The lowest BCUT2D eigenvalue weighted by Crippen LogP contribution is -2.28. The Labute approximate surface area is 68.9 Å². The molecule has 0 aliphatic carbocycles. The first-order valence-corrected chi connectivity index (χ1v) is 3.95. The highest BCUT2D eigenvalue weighted by Gasteiger charge is 2.05. The molecule has 0 saturated carbocycles. The molecule has 0 atom stereocenters. The van der Waals surface area contributed by atoms with Gasteiger partial charge in [-0.15, -0.1) is 0 Å². The second-order valence-electron chi connectivity index (χ2n) is 3.11. The number of hydrogen-bond acceptors (Lipinski definition) is 1.